The number of ether oxygens (including phenoxy) is 1. The van der Waals surface area contributed by atoms with Gasteiger partial charge < -0.3 is 4.74 Å². The van der Waals surface area contributed by atoms with E-state index in [9.17, 15) is 13.2 Å². The van der Waals surface area contributed by atoms with Gasteiger partial charge in [-0.05, 0) is 6.42 Å². The normalized spacial score (nSPS) is 11.2. The van der Waals surface area contributed by atoms with Gasteiger partial charge in [-0.3, -0.25) is 9.52 Å². The van der Waals surface area contributed by atoms with Crippen LogP contribution < -0.4 is 4.72 Å². The molecule has 0 aromatic carbocycles. The number of hydrogen-bond acceptors (Lipinski definition) is 6. The van der Waals surface area contributed by atoms with Crippen LogP contribution in [0.25, 0.3) is 0 Å². The number of rotatable bonds is 7. The van der Waals surface area contributed by atoms with E-state index in [1.54, 1.807) is 5.38 Å². The molecule has 0 unspecified atom stereocenters. The van der Waals surface area contributed by atoms with Crippen molar-refractivity contribution in [3.8, 4) is 0 Å². The lowest BCUT2D eigenvalue weighted by atomic mass is 10.3. The zero-order valence-corrected chi connectivity index (χ0v) is 11.9. The number of nitrogens with one attached hydrogen (secondary N) is 1. The van der Waals surface area contributed by atoms with E-state index < -0.39 is 16.0 Å². The number of methoxy groups -OCH3 is 1. The van der Waals surface area contributed by atoms with E-state index in [2.05, 4.69) is 14.4 Å². The summed E-state index contributed by atoms with van der Waals surface area (Å²) in [5.74, 6) is -0.323. The highest BCUT2D eigenvalue weighted by Gasteiger charge is 2.13. The summed E-state index contributed by atoms with van der Waals surface area (Å²) >= 11 is 1.15. The predicted molar refractivity (Wildman–Crippen MR) is 70.2 cm³/mol. The Morgan fingerprint density at radius 3 is 2.89 bits per heavy atom. The van der Waals surface area contributed by atoms with E-state index in [-0.39, 0.29) is 17.3 Å². The van der Waals surface area contributed by atoms with Crippen LogP contribution in [0.3, 0.4) is 0 Å². The molecule has 1 aromatic heterocycles. The number of thiazole rings is 1. The smallest absolute Gasteiger partial charge is 0.311 e. The molecular weight excluding hydrogens is 276 g/mol. The van der Waals surface area contributed by atoms with Crippen LogP contribution >= 0.6 is 11.3 Å². The Morgan fingerprint density at radius 2 is 2.28 bits per heavy atom. The Hall–Kier alpha value is -1.15. The van der Waals surface area contributed by atoms with Gasteiger partial charge in [0.15, 0.2) is 5.13 Å². The second kappa shape index (κ2) is 6.69. The van der Waals surface area contributed by atoms with Crippen molar-refractivity contribution in [3.05, 3.63) is 11.1 Å². The number of esters is 1. The first-order valence-electron chi connectivity index (χ1n) is 5.48. The van der Waals surface area contributed by atoms with Crippen molar-refractivity contribution in [1.82, 2.24) is 4.98 Å². The van der Waals surface area contributed by atoms with Crippen molar-refractivity contribution >= 4 is 32.5 Å². The summed E-state index contributed by atoms with van der Waals surface area (Å²) in [4.78, 5) is 15.0. The van der Waals surface area contributed by atoms with Gasteiger partial charge in [-0.2, -0.15) is 0 Å². The molecule has 1 aromatic rings. The summed E-state index contributed by atoms with van der Waals surface area (Å²) in [7, 11) is -2.04. The van der Waals surface area contributed by atoms with E-state index in [1.165, 1.54) is 7.11 Å². The summed E-state index contributed by atoms with van der Waals surface area (Å²) in [5.41, 5.74) is 0.500. The molecule has 18 heavy (non-hydrogen) atoms. The maximum Gasteiger partial charge on any atom is 0.311 e. The van der Waals surface area contributed by atoms with Gasteiger partial charge in [0, 0.05) is 5.38 Å². The number of carbonyl (C=O) groups excluding carboxylic acids is 1. The quantitative estimate of drug-likeness (QED) is 0.768. The first-order valence-corrected chi connectivity index (χ1v) is 8.01. The van der Waals surface area contributed by atoms with Crippen molar-refractivity contribution in [2.75, 3.05) is 17.6 Å². The van der Waals surface area contributed by atoms with Crippen molar-refractivity contribution in [1.29, 1.82) is 0 Å². The maximum absolute atomic E-state index is 11.6. The number of anilines is 1. The number of hydrogen-bond donors (Lipinski definition) is 1. The standard InChI is InChI=1S/C10H16N2O4S2/c1-3-4-5-18(14,15)12-10-11-8(7-17-10)6-9(13)16-2/h7H,3-6H2,1-2H3,(H,11,12). The van der Waals surface area contributed by atoms with E-state index >= 15 is 0 Å². The molecule has 1 heterocycles. The second-order valence-corrected chi connectivity index (χ2v) is 6.37. The first kappa shape index (κ1) is 14.9. The van der Waals surface area contributed by atoms with E-state index in [0.29, 0.717) is 12.1 Å². The molecule has 0 saturated carbocycles. The van der Waals surface area contributed by atoms with Gasteiger partial charge in [0.2, 0.25) is 10.0 Å². The summed E-state index contributed by atoms with van der Waals surface area (Å²) in [6.07, 6.45) is 1.46. The molecule has 0 bridgehead atoms. The highest BCUT2D eigenvalue weighted by Crippen LogP contribution is 2.17. The monoisotopic (exact) mass is 292 g/mol. The minimum Gasteiger partial charge on any atom is -0.469 e. The number of aromatic nitrogens is 1. The van der Waals surface area contributed by atoms with Crippen molar-refractivity contribution in [2.24, 2.45) is 0 Å². The maximum atomic E-state index is 11.6. The molecule has 0 aliphatic rings. The fourth-order valence-electron chi connectivity index (χ4n) is 1.17. The van der Waals surface area contributed by atoms with Crippen molar-refractivity contribution in [3.63, 3.8) is 0 Å². The third-order valence-corrected chi connectivity index (χ3v) is 4.38. The Morgan fingerprint density at radius 1 is 1.56 bits per heavy atom. The molecule has 0 aliphatic carbocycles. The van der Waals surface area contributed by atoms with E-state index in [1.807, 2.05) is 6.92 Å². The van der Waals surface area contributed by atoms with Gasteiger partial charge in [0.25, 0.3) is 0 Å². The molecule has 0 aliphatic heterocycles. The van der Waals surface area contributed by atoms with Gasteiger partial charge >= 0.3 is 5.97 Å². The minimum atomic E-state index is -3.34. The molecule has 102 valence electrons. The number of sulfonamides is 1. The summed E-state index contributed by atoms with van der Waals surface area (Å²) in [6, 6.07) is 0. The largest absolute Gasteiger partial charge is 0.469 e. The molecule has 8 heteroatoms. The highest BCUT2D eigenvalue weighted by molar-refractivity contribution is 7.92. The minimum absolute atomic E-state index is 0.0453. The van der Waals surface area contributed by atoms with Crippen LogP contribution in [0.5, 0.6) is 0 Å². The van der Waals surface area contributed by atoms with E-state index in [4.69, 9.17) is 0 Å². The zero-order chi connectivity index (χ0) is 13.6. The average Bonchev–Trinajstić information content (AvgIpc) is 2.73. The van der Waals surface area contributed by atoms with Gasteiger partial charge in [-0.1, -0.05) is 13.3 Å². The zero-order valence-electron chi connectivity index (χ0n) is 10.3. The van der Waals surface area contributed by atoms with Crippen molar-refractivity contribution < 1.29 is 17.9 Å². The van der Waals surface area contributed by atoms with Crippen LogP contribution in [0.15, 0.2) is 5.38 Å². The van der Waals surface area contributed by atoms with Crippen LogP contribution in [-0.2, 0) is 26.0 Å². The fourth-order valence-corrected chi connectivity index (χ4v) is 3.38. The SMILES string of the molecule is CCCCS(=O)(=O)Nc1nc(CC(=O)OC)cs1. The lowest BCUT2D eigenvalue weighted by Crippen LogP contribution is -2.16. The molecule has 0 spiro atoms. The third-order valence-electron chi connectivity index (χ3n) is 2.11. The molecule has 1 N–H and O–H groups in total. The lowest BCUT2D eigenvalue weighted by Gasteiger charge is -2.03. The molecule has 0 amide bonds. The topological polar surface area (TPSA) is 85.4 Å². The third kappa shape index (κ3) is 5.01. The van der Waals surface area contributed by atoms with Crippen LogP contribution in [-0.4, -0.2) is 32.2 Å². The summed E-state index contributed by atoms with van der Waals surface area (Å²) < 4.78 is 30.1. The Kier molecular flexibility index (Phi) is 5.54. The molecule has 1 rings (SSSR count). The number of carbonyl (C=O) groups is 1. The molecule has 0 atom stereocenters. The first-order chi connectivity index (χ1) is 8.46. The molecular formula is C10H16N2O4S2. The van der Waals surface area contributed by atoms with Crippen molar-refractivity contribution in [2.45, 2.75) is 26.2 Å². The molecule has 0 radical (unpaired) electrons. The fraction of sp³-hybridized carbons (Fsp3) is 0.600. The van der Waals surface area contributed by atoms with Gasteiger partial charge in [0.1, 0.15) is 0 Å². The average molecular weight is 292 g/mol. The predicted octanol–water partition coefficient (Wildman–Crippen LogP) is 1.40. The molecule has 0 fully saturated rings. The molecule has 6 nitrogen and oxygen atoms in total. The van der Waals surface area contributed by atoms with Crippen LogP contribution in [0, 0.1) is 0 Å². The van der Waals surface area contributed by atoms with Crippen LogP contribution in [0.1, 0.15) is 25.5 Å². The summed E-state index contributed by atoms with van der Waals surface area (Å²) in [6.45, 7) is 1.92. The molecule has 0 saturated heterocycles. The highest BCUT2D eigenvalue weighted by atomic mass is 32.2. The Labute approximate surface area is 110 Å². The second-order valence-electron chi connectivity index (χ2n) is 3.67. The van der Waals surface area contributed by atoms with Crippen LogP contribution in [0.2, 0.25) is 0 Å². The number of unbranched alkanes of at least 4 members (excludes halogenated alkanes) is 1. The Bertz CT molecular complexity index is 496. The summed E-state index contributed by atoms with van der Waals surface area (Å²) in [5, 5.41) is 1.92. The van der Waals surface area contributed by atoms with Crippen LogP contribution in [0.4, 0.5) is 5.13 Å². The lowest BCUT2D eigenvalue weighted by molar-refractivity contribution is -0.139. The van der Waals surface area contributed by atoms with Gasteiger partial charge in [-0.25, -0.2) is 13.4 Å². The van der Waals surface area contributed by atoms with Gasteiger partial charge in [0.05, 0.1) is 25.0 Å². The number of nitrogens with zero attached hydrogens (tertiary/aromatic N) is 1. The van der Waals surface area contributed by atoms with Gasteiger partial charge in [-0.15, -0.1) is 11.3 Å². The Balaban J connectivity index is 2.61. The van der Waals surface area contributed by atoms with E-state index in [0.717, 1.165) is 17.8 Å².